The summed E-state index contributed by atoms with van der Waals surface area (Å²) in [4.78, 5) is 8.94. The van der Waals surface area contributed by atoms with Crippen molar-refractivity contribution < 1.29 is 0 Å². The number of H-pyrrole nitrogens is 1. The molecular weight excluding hydrogens is 266 g/mol. The van der Waals surface area contributed by atoms with Gasteiger partial charge >= 0.3 is 0 Å². The highest BCUT2D eigenvalue weighted by Crippen LogP contribution is 2.28. The maximum Gasteiger partial charge on any atom is 0.201 e. The molecule has 18 heavy (non-hydrogen) atoms. The number of thiophene rings is 1. The fourth-order valence-corrected chi connectivity index (χ4v) is 2.92. The third-order valence-corrected chi connectivity index (χ3v) is 4.18. The number of nitrogens with one attached hydrogen (secondary N) is 2. The van der Waals surface area contributed by atoms with Crippen LogP contribution >= 0.6 is 22.9 Å². The Hall–Kier alpha value is -1.52. The van der Waals surface area contributed by atoms with Crippen LogP contribution in [-0.4, -0.2) is 9.97 Å². The van der Waals surface area contributed by atoms with Crippen LogP contribution in [0.15, 0.2) is 36.4 Å². The third-order valence-electron chi connectivity index (χ3n) is 2.76. The Morgan fingerprint density at radius 3 is 2.83 bits per heavy atom. The van der Waals surface area contributed by atoms with Crippen molar-refractivity contribution in [1.82, 2.24) is 9.97 Å². The number of aromatic amines is 1. The number of rotatable bonds is 3. The molecule has 1 atom stereocenters. The van der Waals surface area contributed by atoms with Gasteiger partial charge in [0.05, 0.1) is 21.4 Å². The van der Waals surface area contributed by atoms with Crippen molar-refractivity contribution in [1.29, 1.82) is 0 Å². The van der Waals surface area contributed by atoms with Gasteiger partial charge in [0.15, 0.2) is 0 Å². The van der Waals surface area contributed by atoms with Gasteiger partial charge in [-0.1, -0.05) is 23.7 Å². The van der Waals surface area contributed by atoms with E-state index in [-0.39, 0.29) is 6.04 Å². The number of nitrogens with zero attached hydrogens (tertiary/aromatic N) is 1. The summed E-state index contributed by atoms with van der Waals surface area (Å²) < 4.78 is 0.809. The van der Waals surface area contributed by atoms with Crippen molar-refractivity contribution in [3.8, 4) is 0 Å². The minimum atomic E-state index is 0.183. The van der Waals surface area contributed by atoms with E-state index in [9.17, 15) is 0 Å². The summed E-state index contributed by atoms with van der Waals surface area (Å²) in [5, 5.41) is 3.35. The SMILES string of the molecule is CC(Nc1nc2ccccc2[nH]1)c1ccc(Cl)s1. The number of imidazole rings is 1. The molecule has 2 aromatic heterocycles. The Balaban J connectivity index is 1.83. The Bertz CT molecular complexity index is 640. The van der Waals surface area contributed by atoms with Gasteiger partial charge in [0, 0.05) is 4.88 Å². The van der Waals surface area contributed by atoms with E-state index in [0.717, 1.165) is 21.3 Å². The van der Waals surface area contributed by atoms with Crippen LogP contribution in [-0.2, 0) is 0 Å². The van der Waals surface area contributed by atoms with Gasteiger partial charge < -0.3 is 10.3 Å². The molecule has 0 aliphatic rings. The molecule has 5 heteroatoms. The Labute approximate surface area is 114 Å². The molecule has 0 saturated carbocycles. The quantitative estimate of drug-likeness (QED) is 0.742. The van der Waals surface area contributed by atoms with E-state index in [1.807, 2.05) is 36.4 Å². The zero-order valence-corrected chi connectivity index (χ0v) is 11.3. The number of benzene rings is 1. The molecule has 3 nitrogen and oxygen atoms in total. The van der Waals surface area contributed by atoms with Gasteiger partial charge in [-0.05, 0) is 31.2 Å². The van der Waals surface area contributed by atoms with Crippen molar-refractivity contribution in [2.75, 3.05) is 5.32 Å². The van der Waals surface area contributed by atoms with Crippen LogP contribution < -0.4 is 5.32 Å². The Kier molecular flexibility index (Phi) is 2.97. The van der Waals surface area contributed by atoms with Crippen molar-refractivity contribution >= 4 is 39.9 Å². The maximum atomic E-state index is 5.94. The zero-order chi connectivity index (χ0) is 12.5. The van der Waals surface area contributed by atoms with E-state index in [4.69, 9.17) is 11.6 Å². The smallest absolute Gasteiger partial charge is 0.201 e. The summed E-state index contributed by atoms with van der Waals surface area (Å²) >= 11 is 7.52. The lowest BCUT2D eigenvalue weighted by molar-refractivity contribution is 0.890. The van der Waals surface area contributed by atoms with Crippen molar-refractivity contribution in [2.24, 2.45) is 0 Å². The van der Waals surface area contributed by atoms with Gasteiger partial charge in [0.2, 0.25) is 5.95 Å². The second-order valence-corrected chi connectivity index (χ2v) is 5.86. The van der Waals surface area contributed by atoms with E-state index in [1.165, 1.54) is 4.88 Å². The number of fused-ring (bicyclic) bond motifs is 1. The second kappa shape index (κ2) is 4.63. The number of aromatic nitrogens is 2. The molecule has 0 bridgehead atoms. The minimum Gasteiger partial charge on any atom is -0.348 e. The molecule has 0 radical (unpaired) electrons. The number of hydrogen-bond donors (Lipinski definition) is 2. The monoisotopic (exact) mass is 277 g/mol. The highest BCUT2D eigenvalue weighted by atomic mass is 35.5. The van der Waals surface area contributed by atoms with E-state index >= 15 is 0 Å². The molecule has 0 saturated heterocycles. The molecule has 0 amide bonds. The molecule has 0 spiro atoms. The molecule has 92 valence electrons. The number of halogens is 1. The average molecular weight is 278 g/mol. The molecule has 2 N–H and O–H groups in total. The van der Waals surface area contributed by atoms with E-state index in [1.54, 1.807) is 11.3 Å². The van der Waals surface area contributed by atoms with Crippen LogP contribution in [0.25, 0.3) is 11.0 Å². The van der Waals surface area contributed by atoms with Crippen LogP contribution in [0.1, 0.15) is 17.8 Å². The van der Waals surface area contributed by atoms with Gasteiger partial charge in [-0.3, -0.25) is 0 Å². The van der Waals surface area contributed by atoms with Gasteiger partial charge in [-0.25, -0.2) is 4.98 Å². The van der Waals surface area contributed by atoms with Crippen LogP contribution in [0.4, 0.5) is 5.95 Å². The van der Waals surface area contributed by atoms with Crippen molar-refractivity contribution in [3.63, 3.8) is 0 Å². The predicted octanol–water partition coefficient (Wildman–Crippen LogP) is 4.45. The first kappa shape index (κ1) is 11.6. The summed E-state index contributed by atoms with van der Waals surface area (Å²) in [5.74, 6) is 0.785. The standard InChI is InChI=1S/C13H12ClN3S/c1-8(11-6-7-12(14)18-11)15-13-16-9-4-2-3-5-10(9)17-13/h2-8H,1H3,(H2,15,16,17). The molecule has 0 fully saturated rings. The summed E-state index contributed by atoms with van der Waals surface area (Å²) in [7, 11) is 0. The summed E-state index contributed by atoms with van der Waals surface area (Å²) in [6.45, 7) is 2.09. The molecular formula is C13H12ClN3S. The van der Waals surface area contributed by atoms with Crippen LogP contribution in [0.3, 0.4) is 0 Å². The first-order valence-corrected chi connectivity index (χ1v) is 6.88. The predicted molar refractivity (Wildman–Crippen MR) is 77.5 cm³/mol. The fourth-order valence-electron chi connectivity index (χ4n) is 1.86. The van der Waals surface area contributed by atoms with Crippen LogP contribution in [0, 0.1) is 0 Å². The average Bonchev–Trinajstić information content (AvgIpc) is 2.94. The first-order valence-electron chi connectivity index (χ1n) is 5.69. The molecule has 3 aromatic rings. The third kappa shape index (κ3) is 2.21. The van der Waals surface area contributed by atoms with Crippen molar-refractivity contribution in [3.05, 3.63) is 45.6 Å². The van der Waals surface area contributed by atoms with Crippen molar-refractivity contribution in [2.45, 2.75) is 13.0 Å². The highest BCUT2D eigenvalue weighted by Gasteiger charge is 2.10. The van der Waals surface area contributed by atoms with Gasteiger partial charge in [0.1, 0.15) is 0 Å². The van der Waals surface area contributed by atoms with Gasteiger partial charge in [-0.15, -0.1) is 11.3 Å². The summed E-state index contributed by atoms with van der Waals surface area (Å²) in [5.41, 5.74) is 2.01. The fraction of sp³-hybridized carbons (Fsp3) is 0.154. The number of hydrogen-bond acceptors (Lipinski definition) is 3. The minimum absolute atomic E-state index is 0.183. The zero-order valence-electron chi connectivity index (χ0n) is 9.77. The molecule has 0 aliphatic carbocycles. The van der Waals surface area contributed by atoms with Gasteiger partial charge in [-0.2, -0.15) is 0 Å². The molecule has 1 aromatic carbocycles. The normalized spacial score (nSPS) is 12.8. The van der Waals surface area contributed by atoms with E-state index < -0.39 is 0 Å². The molecule has 0 aliphatic heterocycles. The molecule has 3 rings (SSSR count). The molecule has 1 unspecified atom stereocenters. The maximum absolute atomic E-state index is 5.94. The largest absolute Gasteiger partial charge is 0.348 e. The van der Waals surface area contributed by atoms with E-state index in [0.29, 0.717) is 0 Å². The first-order chi connectivity index (χ1) is 8.72. The van der Waals surface area contributed by atoms with Crippen LogP contribution in [0.5, 0.6) is 0 Å². The van der Waals surface area contributed by atoms with E-state index in [2.05, 4.69) is 22.2 Å². The lowest BCUT2D eigenvalue weighted by Gasteiger charge is -2.10. The Morgan fingerprint density at radius 2 is 2.11 bits per heavy atom. The van der Waals surface area contributed by atoms with Gasteiger partial charge in [0.25, 0.3) is 0 Å². The lowest BCUT2D eigenvalue weighted by atomic mass is 10.3. The lowest BCUT2D eigenvalue weighted by Crippen LogP contribution is -2.05. The summed E-state index contributed by atoms with van der Waals surface area (Å²) in [6, 6.07) is 12.1. The summed E-state index contributed by atoms with van der Waals surface area (Å²) in [6.07, 6.45) is 0. The second-order valence-electron chi connectivity index (χ2n) is 4.11. The topological polar surface area (TPSA) is 40.7 Å². The number of anilines is 1. The number of para-hydroxylation sites is 2. The Morgan fingerprint density at radius 1 is 1.28 bits per heavy atom. The molecule has 2 heterocycles. The highest BCUT2D eigenvalue weighted by molar-refractivity contribution is 7.16. The van der Waals surface area contributed by atoms with Crippen LogP contribution in [0.2, 0.25) is 4.34 Å².